The number of aliphatic hydroxyl groups is 1. The van der Waals surface area contributed by atoms with E-state index in [4.69, 9.17) is 9.47 Å². The van der Waals surface area contributed by atoms with Gasteiger partial charge >= 0.3 is 6.09 Å². The number of carbonyl (C=O) groups excluding carboxylic acids is 1. The molecule has 3 rings (SSSR count). The molecule has 0 saturated carbocycles. The van der Waals surface area contributed by atoms with Crippen molar-refractivity contribution in [3.8, 4) is 5.75 Å². The number of hydrogen-bond donors (Lipinski definition) is 1. The SMILES string of the molecule is CC(C)COC(=O)N1CCC(O)(c2ccc(OCc3ccccc3)cc2)CC1. The van der Waals surface area contributed by atoms with Gasteiger partial charge in [-0.15, -0.1) is 0 Å². The molecule has 2 aromatic carbocycles. The Kier molecular flexibility index (Phi) is 6.57. The highest BCUT2D eigenvalue weighted by molar-refractivity contribution is 5.67. The molecule has 1 amide bonds. The van der Waals surface area contributed by atoms with Gasteiger partial charge in [0.1, 0.15) is 12.4 Å². The Bertz CT molecular complexity index is 750. The van der Waals surface area contributed by atoms with Crippen LogP contribution in [0, 0.1) is 5.92 Å². The van der Waals surface area contributed by atoms with Crippen molar-refractivity contribution >= 4 is 6.09 Å². The maximum Gasteiger partial charge on any atom is 0.409 e. The first-order valence-electron chi connectivity index (χ1n) is 9.88. The molecule has 0 radical (unpaired) electrons. The molecule has 5 heteroatoms. The Morgan fingerprint density at radius 2 is 1.71 bits per heavy atom. The molecule has 0 spiro atoms. The average molecular weight is 383 g/mol. The van der Waals surface area contributed by atoms with Crippen LogP contribution in [0.2, 0.25) is 0 Å². The van der Waals surface area contributed by atoms with Gasteiger partial charge in [0.05, 0.1) is 12.2 Å². The molecular weight excluding hydrogens is 354 g/mol. The number of rotatable bonds is 6. The highest BCUT2D eigenvalue weighted by Gasteiger charge is 2.35. The predicted molar refractivity (Wildman–Crippen MR) is 108 cm³/mol. The highest BCUT2D eigenvalue weighted by Crippen LogP contribution is 2.34. The van der Waals surface area contributed by atoms with E-state index in [1.807, 2.05) is 68.4 Å². The van der Waals surface area contributed by atoms with E-state index in [0.29, 0.717) is 45.1 Å². The number of benzene rings is 2. The largest absolute Gasteiger partial charge is 0.489 e. The third-order valence-corrected chi connectivity index (χ3v) is 5.03. The maximum atomic E-state index is 12.1. The molecule has 0 aliphatic carbocycles. The lowest BCUT2D eigenvalue weighted by molar-refractivity contribution is -0.0256. The van der Waals surface area contributed by atoms with Gasteiger partial charge in [-0.3, -0.25) is 0 Å². The summed E-state index contributed by atoms with van der Waals surface area (Å²) in [5.41, 5.74) is 1.05. The van der Waals surface area contributed by atoms with Crippen LogP contribution >= 0.6 is 0 Å². The van der Waals surface area contributed by atoms with Gasteiger partial charge in [-0.2, -0.15) is 0 Å². The molecular formula is C23H29NO4. The summed E-state index contributed by atoms with van der Waals surface area (Å²) in [5.74, 6) is 1.08. The van der Waals surface area contributed by atoms with Gasteiger partial charge in [-0.1, -0.05) is 56.3 Å². The van der Waals surface area contributed by atoms with Crippen LogP contribution in [-0.4, -0.2) is 35.8 Å². The summed E-state index contributed by atoms with van der Waals surface area (Å²) in [5, 5.41) is 11.0. The molecule has 1 heterocycles. The Morgan fingerprint density at radius 1 is 1.07 bits per heavy atom. The fourth-order valence-corrected chi connectivity index (χ4v) is 3.28. The molecule has 0 aromatic heterocycles. The molecule has 0 atom stereocenters. The fraction of sp³-hybridized carbons (Fsp3) is 0.435. The summed E-state index contributed by atoms with van der Waals surface area (Å²) in [6, 6.07) is 17.6. The Morgan fingerprint density at radius 3 is 2.32 bits per heavy atom. The lowest BCUT2D eigenvalue weighted by Gasteiger charge is -2.38. The minimum Gasteiger partial charge on any atom is -0.489 e. The summed E-state index contributed by atoms with van der Waals surface area (Å²) in [6.07, 6.45) is 0.697. The van der Waals surface area contributed by atoms with Crippen molar-refractivity contribution in [2.45, 2.75) is 38.9 Å². The number of hydrogen-bond acceptors (Lipinski definition) is 4. The Labute approximate surface area is 166 Å². The molecule has 1 aliphatic heterocycles. The zero-order valence-electron chi connectivity index (χ0n) is 16.6. The van der Waals surface area contributed by atoms with Crippen LogP contribution in [0.1, 0.15) is 37.8 Å². The number of carbonyl (C=O) groups is 1. The van der Waals surface area contributed by atoms with E-state index in [2.05, 4.69) is 0 Å². The van der Waals surface area contributed by atoms with E-state index < -0.39 is 5.60 Å². The smallest absolute Gasteiger partial charge is 0.409 e. The van der Waals surface area contributed by atoms with Crippen LogP contribution in [0.5, 0.6) is 5.75 Å². The van der Waals surface area contributed by atoms with Crippen LogP contribution < -0.4 is 4.74 Å². The van der Waals surface area contributed by atoms with Gasteiger partial charge in [0.15, 0.2) is 0 Å². The summed E-state index contributed by atoms with van der Waals surface area (Å²) in [7, 11) is 0. The lowest BCUT2D eigenvalue weighted by Crippen LogP contribution is -2.45. The van der Waals surface area contributed by atoms with Crippen molar-refractivity contribution in [3.05, 3.63) is 65.7 Å². The predicted octanol–water partition coefficient (Wildman–Crippen LogP) is 4.34. The summed E-state index contributed by atoms with van der Waals surface area (Å²) in [6.45, 7) is 5.92. The van der Waals surface area contributed by atoms with Crippen LogP contribution in [0.4, 0.5) is 4.79 Å². The van der Waals surface area contributed by atoms with E-state index in [1.54, 1.807) is 4.90 Å². The summed E-state index contributed by atoms with van der Waals surface area (Å²) < 4.78 is 11.1. The van der Waals surface area contributed by atoms with Crippen molar-refractivity contribution in [2.75, 3.05) is 19.7 Å². The van der Waals surface area contributed by atoms with Gasteiger partial charge in [0.25, 0.3) is 0 Å². The molecule has 1 saturated heterocycles. The molecule has 1 fully saturated rings. The highest BCUT2D eigenvalue weighted by atomic mass is 16.6. The molecule has 2 aromatic rings. The fourth-order valence-electron chi connectivity index (χ4n) is 3.28. The second-order valence-electron chi connectivity index (χ2n) is 7.79. The zero-order valence-corrected chi connectivity index (χ0v) is 16.6. The molecule has 5 nitrogen and oxygen atoms in total. The Hall–Kier alpha value is -2.53. The second kappa shape index (κ2) is 9.11. The van der Waals surface area contributed by atoms with Crippen LogP contribution in [0.15, 0.2) is 54.6 Å². The third-order valence-electron chi connectivity index (χ3n) is 5.03. The van der Waals surface area contributed by atoms with Crippen molar-refractivity contribution in [1.82, 2.24) is 4.90 Å². The van der Waals surface area contributed by atoms with Gasteiger partial charge in [0.2, 0.25) is 0 Å². The topological polar surface area (TPSA) is 59.0 Å². The van der Waals surface area contributed by atoms with E-state index in [1.165, 1.54) is 0 Å². The monoisotopic (exact) mass is 383 g/mol. The van der Waals surface area contributed by atoms with Crippen molar-refractivity contribution in [1.29, 1.82) is 0 Å². The second-order valence-corrected chi connectivity index (χ2v) is 7.79. The van der Waals surface area contributed by atoms with Crippen LogP contribution in [-0.2, 0) is 16.9 Å². The van der Waals surface area contributed by atoms with E-state index >= 15 is 0 Å². The first-order valence-corrected chi connectivity index (χ1v) is 9.88. The Balaban J connectivity index is 1.53. The molecule has 0 bridgehead atoms. The van der Waals surface area contributed by atoms with E-state index in [0.717, 1.165) is 16.9 Å². The first kappa shape index (κ1) is 20.2. The van der Waals surface area contributed by atoms with E-state index in [-0.39, 0.29) is 6.09 Å². The minimum absolute atomic E-state index is 0.291. The normalized spacial score (nSPS) is 16.1. The van der Waals surface area contributed by atoms with Gasteiger partial charge in [-0.05, 0) is 42.0 Å². The quantitative estimate of drug-likeness (QED) is 0.806. The van der Waals surface area contributed by atoms with Crippen molar-refractivity contribution in [2.24, 2.45) is 5.92 Å². The first-order chi connectivity index (χ1) is 13.5. The molecule has 150 valence electrons. The van der Waals surface area contributed by atoms with E-state index in [9.17, 15) is 9.90 Å². The number of likely N-dealkylation sites (tertiary alicyclic amines) is 1. The molecule has 1 aliphatic rings. The third kappa shape index (κ3) is 5.26. The molecule has 1 N–H and O–H groups in total. The van der Waals surface area contributed by atoms with Crippen LogP contribution in [0.3, 0.4) is 0 Å². The van der Waals surface area contributed by atoms with Gasteiger partial charge in [-0.25, -0.2) is 4.79 Å². The summed E-state index contributed by atoms with van der Waals surface area (Å²) in [4.78, 5) is 13.8. The maximum absolute atomic E-state index is 12.1. The number of piperidine rings is 1. The van der Waals surface area contributed by atoms with Gasteiger partial charge in [0, 0.05) is 13.1 Å². The summed E-state index contributed by atoms with van der Waals surface area (Å²) >= 11 is 0. The van der Waals surface area contributed by atoms with Crippen molar-refractivity contribution < 1.29 is 19.4 Å². The number of amides is 1. The zero-order chi connectivity index (χ0) is 20.0. The lowest BCUT2D eigenvalue weighted by atomic mass is 9.84. The van der Waals surface area contributed by atoms with Crippen molar-refractivity contribution in [3.63, 3.8) is 0 Å². The number of nitrogens with zero attached hydrogens (tertiary/aromatic N) is 1. The minimum atomic E-state index is -0.924. The average Bonchev–Trinajstić information content (AvgIpc) is 2.72. The molecule has 28 heavy (non-hydrogen) atoms. The molecule has 0 unspecified atom stereocenters. The van der Waals surface area contributed by atoms with Crippen LogP contribution in [0.25, 0.3) is 0 Å². The van der Waals surface area contributed by atoms with Gasteiger partial charge < -0.3 is 19.5 Å². The standard InChI is InChI=1S/C23H29NO4/c1-18(2)16-28-22(25)24-14-12-23(26,13-15-24)20-8-10-21(11-9-20)27-17-19-6-4-3-5-7-19/h3-11,18,26H,12-17H2,1-2H3. The number of ether oxygens (including phenoxy) is 2.